The van der Waals surface area contributed by atoms with E-state index in [1.165, 1.54) is 32.4 Å². The van der Waals surface area contributed by atoms with Gasteiger partial charge in [-0.1, -0.05) is 0 Å². The summed E-state index contributed by atoms with van der Waals surface area (Å²) in [5.74, 6) is 5.80. The maximum Gasteiger partial charge on any atom is 0.0284 e. The van der Waals surface area contributed by atoms with Crippen LogP contribution < -0.4 is 5.84 Å². The molecule has 0 saturated carbocycles. The van der Waals surface area contributed by atoms with Crippen molar-refractivity contribution < 1.29 is 0 Å². The van der Waals surface area contributed by atoms with E-state index in [4.69, 9.17) is 5.84 Å². The van der Waals surface area contributed by atoms with Crippen molar-refractivity contribution in [3.63, 3.8) is 0 Å². The first-order valence-corrected chi connectivity index (χ1v) is 4.60. The highest BCUT2D eigenvalue weighted by atomic mass is 15.4. The molecule has 0 spiro atoms. The predicted octanol–water partition coefficient (Wildman–Crippen LogP) is 0.0302. The molecule has 3 nitrogen and oxygen atoms in total. The van der Waals surface area contributed by atoms with Gasteiger partial charge in [0.05, 0.1) is 0 Å². The second kappa shape index (κ2) is 3.09. The zero-order valence-electron chi connectivity index (χ0n) is 7.00. The van der Waals surface area contributed by atoms with Crippen LogP contribution in [0.1, 0.15) is 19.3 Å². The van der Waals surface area contributed by atoms with Crippen molar-refractivity contribution in [2.45, 2.75) is 25.3 Å². The van der Waals surface area contributed by atoms with Crippen LogP contribution in [0.2, 0.25) is 0 Å². The lowest BCUT2D eigenvalue weighted by Crippen LogP contribution is -2.39. The van der Waals surface area contributed by atoms with Crippen molar-refractivity contribution >= 4 is 0 Å². The van der Waals surface area contributed by atoms with Gasteiger partial charge < -0.3 is 0 Å². The Morgan fingerprint density at radius 3 is 2.82 bits per heavy atom. The molecule has 1 atom stereocenters. The maximum atomic E-state index is 5.80. The normalized spacial score (nSPS) is 35.2. The van der Waals surface area contributed by atoms with E-state index in [1.54, 1.807) is 0 Å². The Hall–Kier alpha value is -0.120. The van der Waals surface area contributed by atoms with Gasteiger partial charge in [0.2, 0.25) is 0 Å². The molecule has 1 unspecified atom stereocenters. The van der Waals surface area contributed by atoms with Gasteiger partial charge in [0.15, 0.2) is 0 Å². The third-order valence-electron chi connectivity index (χ3n) is 2.83. The number of hydrazine groups is 1. The van der Waals surface area contributed by atoms with Gasteiger partial charge in [-0.2, -0.15) is 0 Å². The first-order chi connectivity index (χ1) is 5.36. The number of nitrogens with zero attached hydrogens (tertiary/aromatic N) is 2. The van der Waals surface area contributed by atoms with Gasteiger partial charge in [0, 0.05) is 19.1 Å². The molecule has 11 heavy (non-hydrogen) atoms. The molecule has 0 radical (unpaired) electrons. The van der Waals surface area contributed by atoms with E-state index in [9.17, 15) is 0 Å². The first-order valence-electron chi connectivity index (χ1n) is 4.60. The van der Waals surface area contributed by atoms with E-state index in [2.05, 4.69) is 4.90 Å². The van der Waals surface area contributed by atoms with Crippen LogP contribution in [0.15, 0.2) is 0 Å². The standard InChI is InChI=1S/C8H17N3/c9-11-6-2-5-10-4-1-3-8(10)7-11/h8H,1-7,9H2. The van der Waals surface area contributed by atoms with Crippen LogP contribution in [0.3, 0.4) is 0 Å². The van der Waals surface area contributed by atoms with Crippen molar-refractivity contribution in [1.82, 2.24) is 9.91 Å². The van der Waals surface area contributed by atoms with Crippen LogP contribution in [0.4, 0.5) is 0 Å². The fraction of sp³-hybridized carbons (Fsp3) is 1.00. The molecule has 0 aromatic carbocycles. The fourth-order valence-corrected chi connectivity index (χ4v) is 2.24. The number of rotatable bonds is 0. The van der Waals surface area contributed by atoms with Gasteiger partial charge in [-0.3, -0.25) is 10.7 Å². The summed E-state index contributed by atoms with van der Waals surface area (Å²) in [6.07, 6.45) is 3.97. The van der Waals surface area contributed by atoms with Crippen molar-refractivity contribution in [1.29, 1.82) is 0 Å². The largest absolute Gasteiger partial charge is 0.299 e. The molecule has 2 heterocycles. The van der Waals surface area contributed by atoms with Crippen LogP contribution in [-0.4, -0.2) is 42.1 Å². The second-order valence-electron chi connectivity index (χ2n) is 3.68. The van der Waals surface area contributed by atoms with Gasteiger partial charge in [-0.25, -0.2) is 5.01 Å². The first kappa shape index (κ1) is 7.53. The van der Waals surface area contributed by atoms with E-state index in [0.29, 0.717) is 0 Å². The molecule has 0 aromatic rings. The Morgan fingerprint density at radius 2 is 1.91 bits per heavy atom. The minimum Gasteiger partial charge on any atom is -0.299 e. The molecule has 2 rings (SSSR count). The third kappa shape index (κ3) is 1.55. The zero-order valence-corrected chi connectivity index (χ0v) is 7.00. The highest BCUT2D eigenvalue weighted by molar-refractivity contribution is 4.83. The van der Waals surface area contributed by atoms with Gasteiger partial charge in [0.25, 0.3) is 0 Å². The Morgan fingerprint density at radius 1 is 1.09 bits per heavy atom. The molecule has 64 valence electrons. The molecule has 0 aromatic heterocycles. The summed E-state index contributed by atoms with van der Waals surface area (Å²) in [4.78, 5) is 2.59. The van der Waals surface area contributed by atoms with Gasteiger partial charge in [-0.15, -0.1) is 0 Å². The highest BCUT2D eigenvalue weighted by Gasteiger charge is 2.27. The molecule has 0 bridgehead atoms. The van der Waals surface area contributed by atoms with Gasteiger partial charge in [0.1, 0.15) is 0 Å². The predicted molar refractivity (Wildman–Crippen MR) is 45.0 cm³/mol. The van der Waals surface area contributed by atoms with E-state index in [-0.39, 0.29) is 0 Å². The summed E-state index contributed by atoms with van der Waals surface area (Å²) in [6.45, 7) is 4.73. The van der Waals surface area contributed by atoms with Crippen LogP contribution >= 0.6 is 0 Å². The lowest BCUT2D eigenvalue weighted by Gasteiger charge is -2.22. The Kier molecular flexibility index (Phi) is 2.11. The Balaban J connectivity index is 1.98. The van der Waals surface area contributed by atoms with Crippen molar-refractivity contribution in [3.8, 4) is 0 Å². The molecule has 0 amide bonds. The van der Waals surface area contributed by atoms with Crippen molar-refractivity contribution in [2.24, 2.45) is 5.84 Å². The van der Waals surface area contributed by atoms with E-state index >= 15 is 0 Å². The van der Waals surface area contributed by atoms with Gasteiger partial charge >= 0.3 is 0 Å². The third-order valence-corrected chi connectivity index (χ3v) is 2.83. The second-order valence-corrected chi connectivity index (χ2v) is 3.68. The van der Waals surface area contributed by atoms with Crippen LogP contribution in [0.5, 0.6) is 0 Å². The summed E-state index contributed by atoms with van der Waals surface area (Å²) < 4.78 is 0. The quantitative estimate of drug-likeness (QED) is 0.501. The molecule has 2 fully saturated rings. The number of fused-ring (bicyclic) bond motifs is 1. The maximum absolute atomic E-state index is 5.80. The summed E-state index contributed by atoms with van der Waals surface area (Å²) in [6, 6.07) is 0.766. The highest BCUT2D eigenvalue weighted by Crippen LogP contribution is 2.19. The fourth-order valence-electron chi connectivity index (χ4n) is 2.24. The number of hydrogen-bond acceptors (Lipinski definition) is 3. The van der Waals surface area contributed by atoms with E-state index in [0.717, 1.165) is 19.1 Å². The SMILES string of the molecule is NN1CCCN2CCCC2C1. The smallest absolute Gasteiger partial charge is 0.0284 e. The lowest BCUT2D eigenvalue weighted by atomic mass is 10.2. The Labute approximate surface area is 68.1 Å². The summed E-state index contributed by atoms with van der Waals surface area (Å²) in [7, 11) is 0. The molecule has 2 aliphatic rings. The number of hydrogen-bond donors (Lipinski definition) is 1. The van der Waals surface area contributed by atoms with Crippen molar-refractivity contribution in [3.05, 3.63) is 0 Å². The average Bonchev–Trinajstić information content (AvgIpc) is 2.31. The molecule has 2 saturated heterocycles. The van der Waals surface area contributed by atoms with Crippen LogP contribution in [0.25, 0.3) is 0 Å². The monoisotopic (exact) mass is 155 g/mol. The van der Waals surface area contributed by atoms with Crippen LogP contribution in [0, 0.1) is 0 Å². The van der Waals surface area contributed by atoms with Crippen LogP contribution in [-0.2, 0) is 0 Å². The van der Waals surface area contributed by atoms with E-state index < -0.39 is 0 Å². The topological polar surface area (TPSA) is 32.5 Å². The summed E-state index contributed by atoms with van der Waals surface area (Å²) >= 11 is 0. The molecular weight excluding hydrogens is 138 g/mol. The molecular formula is C8H17N3. The zero-order chi connectivity index (χ0) is 7.68. The van der Waals surface area contributed by atoms with Crippen molar-refractivity contribution in [2.75, 3.05) is 26.2 Å². The molecule has 3 heteroatoms. The minimum atomic E-state index is 0.766. The summed E-state index contributed by atoms with van der Waals surface area (Å²) in [5, 5.41) is 1.98. The lowest BCUT2D eigenvalue weighted by molar-refractivity contribution is 0.223. The summed E-state index contributed by atoms with van der Waals surface area (Å²) in [5.41, 5.74) is 0. The van der Waals surface area contributed by atoms with Gasteiger partial charge in [-0.05, 0) is 32.4 Å². The average molecular weight is 155 g/mol. The number of nitrogens with two attached hydrogens (primary N) is 1. The molecule has 0 aliphatic carbocycles. The molecule has 2 aliphatic heterocycles. The van der Waals surface area contributed by atoms with E-state index in [1.807, 2.05) is 5.01 Å². The molecule has 2 N–H and O–H groups in total. The Bertz CT molecular complexity index is 137. The minimum absolute atomic E-state index is 0.766.